The monoisotopic (exact) mass is 704 g/mol. The standard InChI is InChI=1S/C43H52N4O5/c1-3-26-47(2)29-36-27-40(33-20-18-31(30-48)19-21-33)52-43(51-36)34-24-22-32(23-25-34)37-13-9-8-12-35(37)28-45-41(49)16-6-4-5-7-17-42(50)46-39-15-11-10-14-38(39)44/h3,8-15,18-25,36,40,43,48H,1,4-7,16-17,26-30,44H2,2H3,(H,45,49)(H,46,50)/t36-,40+,43+/m1/s1. The largest absolute Gasteiger partial charge is 0.397 e. The summed E-state index contributed by atoms with van der Waals surface area (Å²) in [4.78, 5) is 27.1. The fourth-order valence-electron chi connectivity index (χ4n) is 6.48. The predicted molar refractivity (Wildman–Crippen MR) is 207 cm³/mol. The molecule has 52 heavy (non-hydrogen) atoms. The lowest BCUT2D eigenvalue weighted by molar-refractivity contribution is -0.252. The Kier molecular flexibility index (Phi) is 14.6. The highest BCUT2D eigenvalue weighted by Gasteiger charge is 2.32. The SMILES string of the molecule is C=CCN(C)C[C@H]1C[C@@H](c2ccc(CO)cc2)O[C@@H](c2ccc(-c3ccccc3CNC(=O)CCCCCCC(=O)Nc3ccccc3N)cc2)O1. The fraction of sp³-hybridized carbons (Fsp3) is 0.349. The minimum absolute atomic E-state index is 0.00527. The van der Waals surface area contributed by atoms with Crippen molar-refractivity contribution < 1.29 is 24.2 Å². The zero-order chi connectivity index (χ0) is 36.7. The molecule has 0 aromatic heterocycles. The summed E-state index contributed by atoms with van der Waals surface area (Å²) >= 11 is 0. The Labute approximate surface area is 307 Å². The van der Waals surface area contributed by atoms with Crippen LogP contribution in [0.2, 0.25) is 0 Å². The van der Waals surface area contributed by atoms with Gasteiger partial charge >= 0.3 is 0 Å². The lowest BCUT2D eigenvalue weighted by Gasteiger charge is -2.37. The predicted octanol–water partition coefficient (Wildman–Crippen LogP) is 7.69. The molecule has 1 saturated heterocycles. The smallest absolute Gasteiger partial charge is 0.224 e. The number of rotatable bonds is 18. The number of nitrogens with zero attached hydrogens (tertiary/aromatic N) is 1. The zero-order valence-electron chi connectivity index (χ0n) is 30.1. The van der Waals surface area contributed by atoms with Crippen LogP contribution in [-0.2, 0) is 32.2 Å². The van der Waals surface area contributed by atoms with Crippen LogP contribution in [0.15, 0.2) is 110 Å². The molecule has 1 aliphatic rings. The van der Waals surface area contributed by atoms with Crippen LogP contribution in [0.1, 0.15) is 79.6 Å². The van der Waals surface area contributed by atoms with Crippen LogP contribution < -0.4 is 16.4 Å². The number of nitrogen functional groups attached to an aromatic ring is 1. The molecule has 274 valence electrons. The van der Waals surface area contributed by atoms with Gasteiger partial charge in [-0.1, -0.05) is 104 Å². The molecular weight excluding hydrogens is 652 g/mol. The van der Waals surface area contributed by atoms with Crippen LogP contribution in [0.25, 0.3) is 11.1 Å². The lowest BCUT2D eigenvalue weighted by atomic mass is 9.97. The van der Waals surface area contributed by atoms with Gasteiger partial charge in [-0.15, -0.1) is 6.58 Å². The number of aliphatic hydroxyl groups is 1. The van der Waals surface area contributed by atoms with Gasteiger partial charge in [0.25, 0.3) is 0 Å². The number of amides is 2. The fourth-order valence-corrected chi connectivity index (χ4v) is 6.48. The Balaban J connectivity index is 1.12. The summed E-state index contributed by atoms with van der Waals surface area (Å²) in [5.41, 5.74) is 13.1. The van der Waals surface area contributed by atoms with Crippen molar-refractivity contribution >= 4 is 23.2 Å². The maximum atomic E-state index is 12.7. The number of carbonyl (C=O) groups is 2. The van der Waals surface area contributed by atoms with Crippen LogP contribution in [0.5, 0.6) is 0 Å². The quantitative estimate of drug-likeness (QED) is 0.0476. The first-order chi connectivity index (χ1) is 25.3. The zero-order valence-corrected chi connectivity index (χ0v) is 30.1. The van der Waals surface area contributed by atoms with Gasteiger partial charge in [0.2, 0.25) is 11.8 Å². The highest BCUT2D eigenvalue weighted by atomic mass is 16.7. The van der Waals surface area contributed by atoms with E-state index >= 15 is 0 Å². The number of nitrogens with two attached hydrogens (primary N) is 1. The number of benzene rings is 4. The van der Waals surface area contributed by atoms with Crippen molar-refractivity contribution in [3.8, 4) is 11.1 Å². The Morgan fingerprint density at radius 1 is 0.865 bits per heavy atom. The number of hydrogen-bond donors (Lipinski definition) is 4. The van der Waals surface area contributed by atoms with Crippen molar-refractivity contribution in [1.29, 1.82) is 0 Å². The van der Waals surface area contributed by atoms with Gasteiger partial charge in [0.05, 0.1) is 30.2 Å². The number of nitrogens with one attached hydrogen (secondary N) is 2. The number of ether oxygens (including phenoxy) is 2. The first-order valence-corrected chi connectivity index (χ1v) is 18.2. The molecule has 0 radical (unpaired) electrons. The van der Waals surface area contributed by atoms with Crippen LogP contribution in [-0.4, -0.2) is 48.1 Å². The second-order valence-corrected chi connectivity index (χ2v) is 13.5. The number of para-hydroxylation sites is 2. The lowest BCUT2D eigenvalue weighted by Crippen LogP contribution is -2.37. The van der Waals surface area contributed by atoms with Crippen molar-refractivity contribution in [2.75, 3.05) is 31.2 Å². The van der Waals surface area contributed by atoms with Gasteiger partial charge < -0.3 is 35.8 Å². The van der Waals surface area contributed by atoms with Gasteiger partial charge in [-0.3, -0.25) is 9.59 Å². The van der Waals surface area contributed by atoms with Gasteiger partial charge in [0.15, 0.2) is 6.29 Å². The number of likely N-dealkylation sites (N-methyl/N-ethyl adjacent to an activating group) is 1. The van der Waals surface area contributed by atoms with E-state index in [0.29, 0.717) is 30.8 Å². The van der Waals surface area contributed by atoms with Gasteiger partial charge in [0.1, 0.15) is 0 Å². The van der Waals surface area contributed by atoms with E-state index in [-0.39, 0.29) is 30.6 Å². The molecule has 9 heteroatoms. The number of anilines is 2. The molecule has 5 N–H and O–H groups in total. The molecule has 1 aliphatic heterocycles. The Hall–Kier alpha value is -4.80. The van der Waals surface area contributed by atoms with E-state index in [1.54, 1.807) is 12.1 Å². The molecule has 0 spiro atoms. The summed E-state index contributed by atoms with van der Waals surface area (Å²) in [6.07, 6.45) is 6.06. The van der Waals surface area contributed by atoms with Crippen LogP contribution in [0, 0.1) is 0 Å². The first-order valence-electron chi connectivity index (χ1n) is 18.2. The van der Waals surface area contributed by atoms with Crippen LogP contribution >= 0.6 is 0 Å². The molecule has 2 amide bonds. The maximum Gasteiger partial charge on any atom is 0.224 e. The second kappa shape index (κ2) is 19.7. The van der Waals surface area contributed by atoms with E-state index in [2.05, 4.69) is 59.5 Å². The van der Waals surface area contributed by atoms with Crippen molar-refractivity contribution in [3.05, 3.63) is 132 Å². The Bertz CT molecular complexity index is 1740. The molecule has 1 fully saturated rings. The van der Waals surface area contributed by atoms with Crippen molar-refractivity contribution in [2.45, 2.75) is 76.6 Å². The molecule has 3 atom stereocenters. The maximum absolute atomic E-state index is 12.7. The number of carbonyl (C=O) groups excluding carboxylic acids is 2. The van der Waals surface area contributed by atoms with Gasteiger partial charge in [-0.2, -0.15) is 0 Å². The molecule has 0 saturated carbocycles. The average molecular weight is 705 g/mol. The molecule has 4 aromatic carbocycles. The molecule has 4 aromatic rings. The molecular formula is C43H52N4O5. The molecule has 9 nitrogen and oxygen atoms in total. The third-order valence-corrected chi connectivity index (χ3v) is 9.35. The summed E-state index contributed by atoms with van der Waals surface area (Å²) < 4.78 is 13.0. The second-order valence-electron chi connectivity index (χ2n) is 13.5. The van der Waals surface area contributed by atoms with E-state index in [9.17, 15) is 14.7 Å². The third kappa shape index (κ3) is 11.4. The van der Waals surface area contributed by atoms with Crippen LogP contribution in [0.4, 0.5) is 11.4 Å². The minimum Gasteiger partial charge on any atom is -0.397 e. The summed E-state index contributed by atoms with van der Waals surface area (Å²) in [6.45, 7) is 5.83. The number of hydrogen-bond acceptors (Lipinski definition) is 7. The molecule has 5 rings (SSSR count). The van der Waals surface area contributed by atoms with E-state index in [1.807, 2.05) is 60.7 Å². The summed E-state index contributed by atoms with van der Waals surface area (Å²) in [7, 11) is 2.06. The Morgan fingerprint density at radius 3 is 2.25 bits per heavy atom. The van der Waals surface area contributed by atoms with Crippen molar-refractivity contribution in [3.63, 3.8) is 0 Å². The molecule has 1 heterocycles. The summed E-state index contributed by atoms with van der Waals surface area (Å²) in [6, 6.07) is 31.5. The number of unbranched alkanes of at least 4 members (excludes halogenated alkanes) is 3. The van der Waals surface area contributed by atoms with Gasteiger partial charge in [-0.25, -0.2) is 0 Å². The third-order valence-electron chi connectivity index (χ3n) is 9.35. The summed E-state index contributed by atoms with van der Waals surface area (Å²) in [5, 5.41) is 15.5. The van der Waals surface area contributed by atoms with Crippen molar-refractivity contribution in [2.24, 2.45) is 0 Å². The summed E-state index contributed by atoms with van der Waals surface area (Å²) in [5.74, 6) is -0.0331. The van der Waals surface area contributed by atoms with Gasteiger partial charge in [-0.05, 0) is 59.8 Å². The van der Waals surface area contributed by atoms with E-state index in [1.165, 1.54) is 0 Å². The molecule has 0 unspecified atom stereocenters. The Morgan fingerprint density at radius 2 is 1.54 bits per heavy atom. The average Bonchev–Trinajstić information content (AvgIpc) is 3.16. The highest BCUT2D eigenvalue weighted by Crippen LogP contribution is 2.39. The first kappa shape index (κ1) is 38.4. The van der Waals surface area contributed by atoms with Crippen molar-refractivity contribution in [1.82, 2.24) is 10.2 Å². The van der Waals surface area contributed by atoms with Gasteiger partial charge in [0, 0.05) is 44.5 Å². The number of aliphatic hydroxyl groups excluding tert-OH is 1. The highest BCUT2D eigenvalue weighted by molar-refractivity contribution is 5.93. The van der Waals surface area contributed by atoms with E-state index in [0.717, 1.165) is 78.6 Å². The van der Waals surface area contributed by atoms with Crippen LogP contribution in [0.3, 0.4) is 0 Å². The van der Waals surface area contributed by atoms with E-state index in [4.69, 9.17) is 15.2 Å². The topological polar surface area (TPSA) is 126 Å². The van der Waals surface area contributed by atoms with E-state index < -0.39 is 6.29 Å². The molecule has 0 bridgehead atoms. The minimum atomic E-state index is -0.534. The normalized spacial score (nSPS) is 17.1. The molecule has 0 aliphatic carbocycles.